The van der Waals surface area contributed by atoms with Gasteiger partial charge in [0.25, 0.3) is 0 Å². The molecule has 170 valence electrons. The number of benzene rings is 1. The van der Waals surface area contributed by atoms with Crippen LogP contribution in [0.3, 0.4) is 0 Å². The summed E-state index contributed by atoms with van der Waals surface area (Å²) in [6, 6.07) is 16.0. The van der Waals surface area contributed by atoms with E-state index >= 15 is 0 Å². The van der Waals surface area contributed by atoms with Gasteiger partial charge in [0, 0.05) is 56.3 Å². The average molecular weight is 450 g/mol. The Kier molecular flexibility index (Phi) is 6.38. The summed E-state index contributed by atoms with van der Waals surface area (Å²) >= 11 is 0. The minimum atomic E-state index is 0.0464. The maximum atomic E-state index is 12.9. The van der Waals surface area contributed by atoms with E-state index in [0.29, 0.717) is 13.1 Å². The Morgan fingerprint density at radius 3 is 2.88 bits per heavy atom. The fourth-order valence-electron chi connectivity index (χ4n) is 4.38. The highest BCUT2D eigenvalue weighted by atomic mass is 16.2. The average Bonchev–Trinajstić information content (AvgIpc) is 3.28. The van der Waals surface area contributed by atoms with E-state index in [-0.39, 0.29) is 11.8 Å². The van der Waals surface area contributed by atoms with Gasteiger partial charge in [0.1, 0.15) is 13.7 Å². The second-order valence-electron chi connectivity index (χ2n) is 8.71. The van der Waals surface area contributed by atoms with Gasteiger partial charge in [-0.1, -0.05) is 36.4 Å². The fourth-order valence-corrected chi connectivity index (χ4v) is 4.38. The molecule has 4 heterocycles. The molecule has 3 aromatic heterocycles. The van der Waals surface area contributed by atoms with Crippen molar-refractivity contribution < 1.29 is 4.79 Å². The molecule has 34 heavy (non-hydrogen) atoms. The number of nitrogens with one attached hydrogen (secondary N) is 1. The van der Waals surface area contributed by atoms with Crippen LogP contribution in [0.15, 0.2) is 73.2 Å². The molecule has 0 saturated carbocycles. The number of fused-ring (bicyclic) bond motifs is 1. The maximum Gasteiger partial charge on any atom is 0.246 e. The predicted molar refractivity (Wildman–Crippen MR) is 137 cm³/mol. The van der Waals surface area contributed by atoms with Gasteiger partial charge in [-0.05, 0) is 41.6 Å². The van der Waals surface area contributed by atoms with Gasteiger partial charge in [-0.15, -0.1) is 0 Å². The van der Waals surface area contributed by atoms with Gasteiger partial charge in [-0.25, -0.2) is 4.98 Å². The summed E-state index contributed by atoms with van der Waals surface area (Å²) in [6.07, 6.45) is 11.0. The van der Waals surface area contributed by atoms with Crippen molar-refractivity contribution in [1.29, 1.82) is 0 Å². The quantitative estimate of drug-likeness (QED) is 0.361. The van der Waals surface area contributed by atoms with Gasteiger partial charge in [0.15, 0.2) is 5.65 Å². The largest absolute Gasteiger partial charge is 0.366 e. The third-order valence-electron chi connectivity index (χ3n) is 6.23. The van der Waals surface area contributed by atoms with Gasteiger partial charge >= 0.3 is 0 Å². The van der Waals surface area contributed by atoms with Crippen LogP contribution in [0, 0.1) is 0 Å². The molecule has 0 radical (unpaired) electrons. The molecule has 1 amide bonds. The number of aromatic nitrogens is 4. The molecule has 5 rings (SSSR count). The lowest BCUT2D eigenvalue weighted by Gasteiger charge is -2.32. The Hall–Kier alpha value is -3.94. The number of carbonyl (C=O) groups excluding carboxylic acids is 1. The highest BCUT2D eigenvalue weighted by Gasteiger charge is 2.26. The number of rotatable bonds is 6. The van der Waals surface area contributed by atoms with Gasteiger partial charge in [-0.3, -0.25) is 9.78 Å². The number of likely N-dealkylation sites (tertiary alicyclic amines) is 1. The molecule has 4 aromatic rings. The first-order valence-electron chi connectivity index (χ1n) is 11.7. The van der Waals surface area contributed by atoms with Crippen LogP contribution in [0.2, 0.25) is 0 Å². The molecule has 0 aliphatic carbocycles. The lowest BCUT2D eigenvalue weighted by Crippen LogP contribution is -2.38. The summed E-state index contributed by atoms with van der Waals surface area (Å²) < 4.78 is 1.85. The predicted octanol–water partition coefficient (Wildman–Crippen LogP) is 2.41. The highest BCUT2D eigenvalue weighted by Crippen LogP contribution is 2.28. The number of piperidine rings is 1. The van der Waals surface area contributed by atoms with Gasteiger partial charge in [0.05, 0.1) is 5.69 Å². The molecule has 0 spiro atoms. The molecule has 8 heteroatoms. The monoisotopic (exact) mass is 450 g/mol. The Balaban J connectivity index is 1.36. The molecule has 7 nitrogen and oxygen atoms in total. The van der Waals surface area contributed by atoms with Crippen LogP contribution < -0.4 is 10.8 Å². The third kappa shape index (κ3) is 4.86. The van der Waals surface area contributed by atoms with E-state index in [4.69, 9.17) is 4.98 Å². The molecule has 1 saturated heterocycles. The SMILES string of the molecule is Bc1cnn2c(NCc3cccnc3)cc(C3CCCN(C(=O)/C=C/c4ccccc4)C3)nc12. The van der Waals surface area contributed by atoms with Crippen molar-refractivity contribution in [3.8, 4) is 0 Å². The summed E-state index contributed by atoms with van der Waals surface area (Å²) in [5, 5.41) is 8.01. The van der Waals surface area contributed by atoms with Crippen molar-refractivity contribution in [3.63, 3.8) is 0 Å². The molecular formula is C26H27BN6O. The first-order chi connectivity index (χ1) is 16.7. The zero-order valence-corrected chi connectivity index (χ0v) is 19.3. The summed E-state index contributed by atoms with van der Waals surface area (Å²) in [4.78, 5) is 24.0. The number of hydrogen-bond acceptors (Lipinski definition) is 5. The van der Waals surface area contributed by atoms with E-state index in [2.05, 4.69) is 21.5 Å². The van der Waals surface area contributed by atoms with Gasteiger partial charge in [0.2, 0.25) is 5.91 Å². The van der Waals surface area contributed by atoms with Crippen LogP contribution in [0.25, 0.3) is 11.7 Å². The van der Waals surface area contributed by atoms with E-state index in [1.54, 1.807) is 12.3 Å². The van der Waals surface area contributed by atoms with Gasteiger partial charge in [-0.2, -0.15) is 9.61 Å². The lowest BCUT2D eigenvalue weighted by molar-refractivity contribution is -0.127. The van der Waals surface area contributed by atoms with E-state index in [9.17, 15) is 4.79 Å². The number of pyridine rings is 1. The Morgan fingerprint density at radius 2 is 2.06 bits per heavy atom. The number of amides is 1. The molecule has 1 aromatic carbocycles. The Morgan fingerprint density at radius 1 is 1.18 bits per heavy atom. The van der Waals surface area contributed by atoms with Crippen LogP contribution in [0.4, 0.5) is 5.82 Å². The molecule has 0 bridgehead atoms. The minimum Gasteiger partial charge on any atom is -0.366 e. The molecule has 1 unspecified atom stereocenters. The topological polar surface area (TPSA) is 75.4 Å². The van der Waals surface area contributed by atoms with Crippen LogP contribution in [0.1, 0.15) is 35.6 Å². The van der Waals surface area contributed by atoms with Crippen molar-refractivity contribution in [1.82, 2.24) is 24.5 Å². The summed E-state index contributed by atoms with van der Waals surface area (Å²) in [5.74, 6) is 1.12. The molecule has 1 aliphatic heterocycles. The molecule has 1 aliphatic rings. The summed E-state index contributed by atoms with van der Waals surface area (Å²) in [5.41, 5.74) is 4.99. The summed E-state index contributed by atoms with van der Waals surface area (Å²) in [7, 11) is 2.02. The van der Waals surface area contributed by atoms with E-state index < -0.39 is 0 Å². The van der Waals surface area contributed by atoms with Crippen LogP contribution >= 0.6 is 0 Å². The van der Waals surface area contributed by atoms with Crippen molar-refractivity contribution in [2.45, 2.75) is 25.3 Å². The standard InChI is InChI=1S/C26H27BN6O/c27-22-17-30-33-24(29-16-20-8-4-12-28-15-20)14-23(31-26(22)33)21-9-5-13-32(18-21)25(34)11-10-19-6-2-1-3-7-19/h1-4,6-8,10-12,14-15,17,21,29H,5,9,13,16,18,27H2/b11-10+. The molecule has 1 atom stereocenters. The van der Waals surface area contributed by atoms with Crippen molar-refractivity contribution >= 4 is 36.8 Å². The Labute approximate surface area is 200 Å². The van der Waals surface area contributed by atoms with Crippen LogP contribution in [-0.4, -0.2) is 51.3 Å². The smallest absolute Gasteiger partial charge is 0.246 e. The lowest BCUT2D eigenvalue weighted by atomic mass is 9.93. The first kappa shape index (κ1) is 21.9. The number of carbonyl (C=O) groups is 1. The summed E-state index contributed by atoms with van der Waals surface area (Å²) in [6.45, 7) is 2.08. The van der Waals surface area contributed by atoms with Crippen molar-refractivity contribution in [2.75, 3.05) is 18.4 Å². The molecular weight excluding hydrogens is 423 g/mol. The number of nitrogens with zero attached hydrogens (tertiary/aromatic N) is 5. The zero-order valence-electron chi connectivity index (χ0n) is 19.3. The van der Waals surface area contributed by atoms with E-state index in [1.807, 2.05) is 78.2 Å². The van der Waals surface area contributed by atoms with Crippen molar-refractivity contribution in [2.24, 2.45) is 0 Å². The zero-order chi connectivity index (χ0) is 23.3. The number of hydrogen-bond donors (Lipinski definition) is 1. The maximum absolute atomic E-state index is 12.9. The second-order valence-corrected chi connectivity index (χ2v) is 8.71. The number of anilines is 1. The Bertz CT molecular complexity index is 1310. The van der Waals surface area contributed by atoms with E-state index in [0.717, 1.165) is 53.1 Å². The van der Waals surface area contributed by atoms with Gasteiger partial charge < -0.3 is 10.2 Å². The minimum absolute atomic E-state index is 0.0464. The molecule has 1 fully saturated rings. The molecule has 1 N–H and O–H groups in total. The third-order valence-corrected chi connectivity index (χ3v) is 6.23. The highest BCUT2D eigenvalue weighted by molar-refractivity contribution is 6.36. The van der Waals surface area contributed by atoms with E-state index in [1.165, 1.54) is 0 Å². The normalized spacial score (nSPS) is 16.2. The second kappa shape index (κ2) is 9.91. The van der Waals surface area contributed by atoms with Crippen molar-refractivity contribution in [3.05, 3.63) is 90.0 Å². The van der Waals surface area contributed by atoms with Crippen LogP contribution in [-0.2, 0) is 11.3 Å². The fraction of sp³-hybridized carbons (Fsp3) is 0.231. The first-order valence-corrected chi connectivity index (χ1v) is 11.7. The van der Waals surface area contributed by atoms with Crippen LogP contribution in [0.5, 0.6) is 0 Å².